The molecule has 1 rings (SSSR count). The summed E-state index contributed by atoms with van der Waals surface area (Å²) in [5.41, 5.74) is 0.956. The lowest BCUT2D eigenvalue weighted by Crippen LogP contribution is -2.15. The summed E-state index contributed by atoms with van der Waals surface area (Å²) in [6, 6.07) is 5.99. The summed E-state index contributed by atoms with van der Waals surface area (Å²) in [5, 5.41) is 0. The molecule has 0 unspecified atom stereocenters. The van der Waals surface area contributed by atoms with Crippen molar-refractivity contribution in [3.8, 4) is 0 Å². The zero-order valence-corrected chi connectivity index (χ0v) is 13.2. The van der Waals surface area contributed by atoms with E-state index in [1.807, 2.05) is 6.92 Å². The van der Waals surface area contributed by atoms with E-state index in [4.69, 9.17) is 13.7 Å². The average molecular weight is 362 g/mol. The van der Waals surface area contributed by atoms with Gasteiger partial charge in [-0.3, -0.25) is 13.7 Å². The van der Waals surface area contributed by atoms with E-state index in [1.54, 1.807) is 12.1 Å². The van der Waals surface area contributed by atoms with Crippen LogP contribution < -0.4 is 0 Å². The molecule has 1 aromatic carbocycles. The van der Waals surface area contributed by atoms with Crippen molar-refractivity contribution in [1.82, 2.24) is 0 Å². The molecule has 0 aliphatic heterocycles. The van der Waals surface area contributed by atoms with Gasteiger partial charge >= 0.3 is 0 Å². The molecule has 0 saturated carbocycles. The molecule has 0 heterocycles. The van der Waals surface area contributed by atoms with Crippen molar-refractivity contribution in [3.05, 3.63) is 29.8 Å². The fourth-order valence-electron chi connectivity index (χ4n) is 0.921. The molecule has 0 amide bonds. The SMILES string of the molecule is Cc1ccc(S(=O)(=O)O)cc1.O=S(=O)(O)CCS(=O)(=O)O. The second-order valence-electron chi connectivity index (χ2n) is 3.86. The molecule has 0 aromatic heterocycles. The normalized spacial score (nSPS) is 12.4. The Kier molecular flexibility index (Phi) is 6.92. The first-order chi connectivity index (χ1) is 9.21. The number of aryl methyl sites for hydroxylation is 1. The van der Waals surface area contributed by atoms with Gasteiger partial charge in [-0.1, -0.05) is 17.7 Å². The Balaban J connectivity index is 0.000000384. The minimum absolute atomic E-state index is 0.0666. The van der Waals surface area contributed by atoms with Crippen LogP contribution in [0.3, 0.4) is 0 Å². The third-order valence-electron chi connectivity index (χ3n) is 1.92. The fraction of sp³-hybridized carbons (Fsp3) is 0.333. The first-order valence-electron chi connectivity index (χ1n) is 5.15. The van der Waals surface area contributed by atoms with Crippen molar-refractivity contribution < 1.29 is 38.9 Å². The van der Waals surface area contributed by atoms with Gasteiger partial charge in [0.1, 0.15) is 0 Å². The highest BCUT2D eigenvalue weighted by Crippen LogP contribution is 2.08. The maximum atomic E-state index is 10.5. The minimum Gasteiger partial charge on any atom is -0.286 e. The summed E-state index contributed by atoms with van der Waals surface area (Å²) in [5.74, 6) is -1.96. The van der Waals surface area contributed by atoms with E-state index in [2.05, 4.69) is 0 Å². The maximum absolute atomic E-state index is 10.5. The Bertz CT molecular complexity index is 726. The van der Waals surface area contributed by atoms with Crippen LogP contribution in [0.15, 0.2) is 29.2 Å². The molecule has 0 spiro atoms. The van der Waals surface area contributed by atoms with Gasteiger partial charge in [-0.25, -0.2) is 0 Å². The smallest absolute Gasteiger partial charge is 0.286 e. The molecular formula is C9H14O9S3. The summed E-state index contributed by atoms with van der Waals surface area (Å²) >= 11 is 0. The highest BCUT2D eigenvalue weighted by molar-refractivity contribution is 7.89. The molecular weight excluding hydrogens is 348 g/mol. The van der Waals surface area contributed by atoms with Gasteiger partial charge in [0.05, 0.1) is 16.4 Å². The van der Waals surface area contributed by atoms with Crippen molar-refractivity contribution >= 4 is 30.4 Å². The maximum Gasteiger partial charge on any atom is 0.294 e. The van der Waals surface area contributed by atoms with Gasteiger partial charge in [0.2, 0.25) is 0 Å². The lowest BCUT2D eigenvalue weighted by Gasteiger charge is -1.95. The summed E-state index contributed by atoms with van der Waals surface area (Å²) in [7, 11) is -12.6. The van der Waals surface area contributed by atoms with Crippen molar-refractivity contribution in [2.45, 2.75) is 11.8 Å². The van der Waals surface area contributed by atoms with Gasteiger partial charge in [-0.2, -0.15) is 25.3 Å². The molecule has 0 bridgehead atoms. The molecule has 0 atom stereocenters. The van der Waals surface area contributed by atoms with E-state index in [1.165, 1.54) is 12.1 Å². The third-order valence-corrected chi connectivity index (χ3v) is 4.48. The van der Waals surface area contributed by atoms with Crippen LogP contribution in [0.1, 0.15) is 5.56 Å². The van der Waals surface area contributed by atoms with Crippen LogP contribution in [-0.2, 0) is 30.4 Å². The second-order valence-corrected chi connectivity index (χ2v) is 8.43. The number of hydrogen-bond donors (Lipinski definition) is 3. The number of rotatable bonds is 4. The monoisotopic (exact) mass is 362 g/mol. The summed E-state index contributed by atoms with van der Waals surface area (Å²) in [6.45, 7) is 1.84. The summed E-state index contributed by atoms with van der Waals surface area (Å²) in [4.78, 5) is -0.0666. The van der Waals surface area contributed by atoms with Gasteiger partial charge in [0.15, 0.2) is 0 Å². The minimum atomic E-state index is -4.30. The lowest BCUT2D eigenvalue weighted by molar-refractivity contribution is 0.472. The van der Waals surface area contributed by atoms with E-state index in [9.17, 15) is 25.3 Å². The van der Waals surface area contributed by atoms with Crippen LogP contribution >= 0.6 is 0 Å². The van der Waals surface area contributed by atoms with Crippen LogP contribution in [-0.4, -0.2) is 50.4 Å². The first kappa shape index (κ1) is 19.9. The molecule has 0 radical (unpaired) electrons. The lowest BCUT2D eigenvalue weighted by atomic mass is 10.2. The molecule has 122 valence electrons. The van der Waals surface area contributed by atoms with E-state index < -0.39 is 41.9 Å². The van der Waals surface area contributed by atoms with Crippen LogP contribution in [0.4, 0.5) is 0 Å². The van der Waals surface area contributed by atoms with E-state index in [0.29, 0.717) is 0 Å². The molecule has 0 aliphatic rings. The van der Waals surface area contributed by atoms with Crippen molar-refractivity contribution in [3.63, 3.8) is 0 Å². The van der Waals surface area contributed by atoms with E-state index in [-0.39, 0.29) is 4.90 Å². The zero-order valence-electron chi connectivity index (χ0n) is 10.7. The Morgan fingerprint density at radius 3 is 1.33 bits per heavy atom. The molecule has 21 heavy (non-hydrogen) atoms. The molecule has 3 N–H and O–H groups in total. The van der Waals surface area contributed by atoms with Gasteiger partial charge in [-0.05, 0) is 19.1 Å². The zero-order chi connectivity index (χ0) is 16.9. The average Bonchev–Trinajstić information content (AvgIpc) is 2.25. The van der Waals surface area contributed by atoms with Gasteiger partial charge in [0.25, 0.3) is 30.4 Å². The largest absolute Gasteiger partial charge is 0.294 e. The fourth-order valence-corrected chi connectivity index (χ4v) is 3.09. The standard InChI is InChI=1S/C7H8O3S.C2H6O6S2/c1-6-2-4-7(5-3-6)11(8,9)10;3-9(4,5)1-2-10(6,7)8/h2-5H,1H3,(H,8,9,10);1-2H2,(H,3,4,5)(H,6,7,8). The van der Waals surface area contributed by atoms with Crippen LogP contribution in [0.25, 0.3) is 0 Å². The van der Waals surface area contributed by atoms with E-state index in [0.717, 1.165) is 5.56 Å². The van der Waals surface area contributed by atoms with Crippen molar-refractivity contribution in [2.24, 2.45) is 0 Å². The topological polar surface area (TPSA) is 163 Å². The Hall–Kier alpha value is -1.05. The highest BCUT2D eigenvalue weighted by atomic mass is 32.2. The van der Waals surface area contributed by atoms with Crippen LogP contribution in [0.2, 0.25) is 0 Å². The van der Waals surface area contributed by atoms with Crippen molar-refractivity contribution in [1.29, 1.82) is 0 Å². The van der Waals surface area contributed by atoms with Crippen LogP contribution in [0, 0.1) is 6.92 Å². The van der Waals surface area contributed by atoms with Gasteiger partial charge < -0.3 is 0 Å². The molecule has 0 fully saturated rings. The number of hydrogen-bond acceptors (Lipinski definition) is 6. The Labute approximate surface area is 122 Å². The van der Waals surface area contributed by atoms with Crippen LogP contribution in [0.5, 0.6) is 0 Å². The molecule has 1 aromatic rings. The third kappa shape index (κ3) is 11.3. The van der Waals surface area contributed by atoms with E-state index >= 15 is 0 Å². The van der Waals surface area contributed by atoms with Gasteiger partial charge in [0, 0.05) is 0 Å². The first-order valence-corrected chi connectivity index (χ1v) is 9.81. The summed E-state index contributed by atoms with van der Waals surface area (Å²) < 4.78 is 84.9. The highest BCUT2D eigenvalue weighted by Gasteiger charge is 2.11. The van der Waals surface area contributed by atoms with Gasteiger partial charge in [-0.15, -0.1) is 0 Å². The quantitative estimate of drug-likeness (QED) is 0.625. The molecule has 12 heteroatoms. The molecule has 0 saturated heterocycles. The molecule has 0 aliphatic carbocycles. The second kappa shape index (κ2) is 7.29. The summed E-state index contributed by atoms with van der Waals surface area (Å²) in [6.07, 6.45) is 0. The molecule has 9 nitrogen and oxygen atoms in total. The predicted molar refractivity (Wildman–Crippen MR) is 73.8 cm³/mol. The Morgan fingerprint density at radius 2 is 1.10 bits per heavy atom. The number of benzene rings is 1. The Morgan fingerprint density at radius 1 is 0.762 bits per heavy atom. The predicted octanol–water partition coefficient (Wildman–Crippen LogP) is 0.00372. The van der Waals surface area contributed by atoms with Crippen molar-refractivity contribution in [2.75, 3.05) is 11.5 Å².